The Kier molecular flexibility index (Phi) is 3.43. The Morgan fingerprint density at radius 2 is 1.97 bits per heavy atom. The second kappa shape index (κ2) is 5.81. The maximum absolute atomic E-state index is 13.6. The van der Waals surface area contributed by atoms with Crippen molar-refractivity contribution in [1.82, 2.24) is 14.9 Å². The van der Waals surface area contributed by atoms with Gasteiger partial charge in [0.2, 0.25) is 5.78 Å². The van der Waals surface area contributed by atoms with Crippen molar-refractivity contribution in [3.63, 3.8) is 0 Å². The summed E-state index contributed by atoms with van der Waals surface area (Å²) in [6, 6.07) is 5.80. The van der Waals surface area contributed by atoms with Gasteiger partial charge in [0.05, 0.1) is 25.4 Å². The fourth-order valence-electron chi connectivity index (χ4n) is 5.67. The van der Waals surface area contributed by atoms with Crippen molar-refractivity contribution in [1.29, 1.82) is 0 Å². The van der Waals surface area contributed by atoms with Crippen molar-refractivity contribution < 1.29 is 19.1 Å². The van der Waals surface area contributed by atoms with Gasteiger partial charge in [-0.05, 0) is 49.9 Å². The van der Waals surface area contributed by atoms with Crippen LogP contribution in [-0.2, 0) is 5.41 Å². The van der Waals surface area contributed by atoms with E-state index < -0.39 is 0 Å². The number of ketones is 1. The summed E-state index contributed by atoms with van der Waals surface area (Å²) in [5, 5.41) is 0.846. The van der Waals surface area contributed by atoms with Gasteiger partial charge in [0.15, 0.2) is 0 Å². The number of benzene rings is 1. The van der Waals surface area contributed by atoms with Gasteiger partial charge in [-0.25, -0.2) is 0 Å². The number of allylic oxidation sites excluding steroid dienone is 2. The van der Waals surface area contributed by atoms with Crippen LogP contribution >= 0.6 is 0 Å². The summed E-state index contributed by atoms with van der Waals surface area (Å²) in [7, 11) is 3.22. The normalized spacial score (nSPS) is 23.4. The van der Waals surface area contributed by atoms with Crippen LogP contribution in [0.25, 0.3) is 10.9 Å². The van der Waals surface area contributed by atoms with Crippen molar-refractivity contribution in [2.45, 2.75) is 25.7 Å². The molecule has 158 valence electrons. The van der Waals surface area contributed by atoms with Crippen molar-refractivity contribution in [2.75, 3.05) is 20.8 Å². The van der Waals surface area contributed by atoms with Gasteiger partial charge in [-0.1, -0.05) is 0 Å². The minimum atomic E-state index is -0.201. The highest BCUT2D eigenvalue weighted by Crippen LogP contribution is 2.66. The molecule has 7 nitrogen and oxygen atoms in total. The Hall–Kier alpha value is -3.48. The van der Waals surface area contributed by atoms with Crippen LogP contribution in [0.1, 0.15) is 44.2 Å². The van der Waals surface area contributed by atoms with Gasteiger partial charge in [-0.15, -0.1) is 0 Å². The zero-order valence-corrected chi connectivity index (χ0v) is 17.9. The summed E-state index contributed by atoms with van der Waals surface area (Å²) >= 11 is 0. The van der Waals surface area contributed by atoms with Crippen molar-refractivity contribution >= 4 is 22.6 Å². The van der Waals surface area contributed by atoms with E-state index in [-0.39, 0.29) is 17.1 Å². The van der Waals surface area contributed by atoms with Crippen LogP contribution in [0.5, 0.6) is 11.5 Å². The van der Waals surface area contributed by atoms with E-state index in [1.165, 1.54) is 0 Å². The number of H-pyrrole nitrogens is 2. The predicted molar refractivity (Wildman–Crippen MR) is 115 cm³/mol. The molecule has 0 radical (unpaired) electrons. The summed E-state index contributed by atoms with van der Waals surface area (Å²) in [4.78, 5) is 34.5. The molecule has 3 aromatic rings. The summed E-state index contributed by atoms with van der Waals surface area (Å²) in [6.45, 7) is 4.51. The van der Waals surface area contributed by atoms with Gasteiger partial charge in [-0.2, -0.15) is 0 Å². The summed E-state index contributed by atoms with van der Waals surface area (Å²) < 4.78 is 11.1. The fraction of sp³-hybridized carbons (Fsp3) is 0.333. The molecule has 2 atom stereocenters. The Morgan fingerprint density at radius 3 is 2.71 bits per heavy atom. The van der Waals surface area contributed by atoms with E-state index in [9.17, 15) is 9.59 Å². The first-order valence-corrected chi connectivity index (χ1v) is 10.4. The molecule has 1 saturated carbocycles. The number of ether oxygens (including phenoxy) is 2. The second-order valence-corrected chi connectivity index (χ2v) is 8.81. The molecule has 3 aliphatic rings. The number of rotatable bonds is 3. The number of aromatic amines is 2. The van der Waals surface area contributed by atoms with Crippen molar-refractivity contribution in [3.8, 4) is 11.5 Å². The fourth-order valence-corrected chi connectivity index (χ4v) is 5.67. The topological polar surface area (TPSA) is 87.4 Å². The molecule has 2 fully saturated rings. The number of piperidine rings is 1. The van der Waals surface area contributed by atoms with Crippen molar-refractivity contribution in [2.24, 2.45) is 5.92 Å². The average Bonchev–Trinajstić information content (AvgIpc) is 3.06. The van der Waals surface area contributed by atoms with Crippen molar-refractivity contribution in [3.05, 3.63) is 58.2 Å². The second-order valence-electron chi connectivity index (χ2n) is 8.81. The number of carbonyl (C=O) groups excluding carboxylic acids is 2. The molecule has 7 heteroatoms. The van der Waals surface area contributed by atoms with Crippen LogP contribution in [0.15, 0.2) is 30.0 Å². The predicted octanol–water partition coefficient (Wildman–Crippen LogP) is 3.62. The molecule has 2 aliphatic carbocycles. The van der Waals surface area contributed by atoms with E-state index in [0.29, 0.717) is 35.3 Å². The molecule has 3 heterocycles. The lowest BCUT2D eigenvalue weighted by Gasteiger charge is -2.27. The number of methoxy groups -OCH3 is 2. The maximum atomic E-state index is 13.6. The molecule has 1 saturated heterocycles. The molecule has 6 rings (SSSR count). The Labute approximate surface area is 179 Å². The number of amides is 1. The van der Waals surface area contributed by atoms with Crippen LogP contribution in [0.4, 0.5) is 0 Å². The highest BCUT2D eigenvalue weighted by atomic mass is 16.5. The van der Waals surface area contributed by atoms with Gasteiger partial charge >= 0.3 is 0 Å². The number of aromatic nitrogens is 2. The highest BCUT2D eigenvalue weighted by Gasteiger charge is 2.67. The Morgan fingerprint density at radius 1 is 1.16 bits per heavy atom. The van der Waals surface area contributed by atoms with Gasteiger partial charge in [0.1, 0.15) is 17.2 Å². The van der Waals surface area contributed by atoms with Crippen LogP contribution in [0.3, 0.4) is 0 Å². The van der Waals surface area contributed by atoms with Gasteiger partial charge in [0.25, 0.3) is 5.91 Å². The number of fused-ring (bicyclic) bond motifs is 2. The molecule has 1 unspecified atom stereocenters. The number of nitrogens with one attached hydrogen (secondary N) is 2. The van der Waals surface area contributed by atoms with Gasteiger partial charge in [-0.3, -0.25) is 9.59 Å². The van der Waals surface area contributed by atoms with E-state index in [1.807, 2.05) is 26.0 Å². The van der Waals surface area contributed by atoms with E-state index in [0.717, 1.165) is 39.8 Å². The smallest absolute Gasteiger partial charge is 0.274 e. The zero-order valence-electron chi connectivity index (χ0n) is 17.9. The first-order valence-electron chi connectivity index (χ1n) is 10.4. The van der Waals surface area contributed by atoms with E-state index in [1.54, 1.807) is 25.2 Å². The molecule has 2 aromatic heterocycles. The minimum absolute atomic E-state index is 0.0623. The van der Waals surface area contributed by atoms with E-state index >= 15 is 0 Å². The minimum Gasteiger partial charge on any atom is -0.496 e. The molecule has 1 spiro atoms. The molecule has 1 aliphatic heterocycles. The number of hydrogen-bond acceptors (Lipinski definition) is 4. The lowest BCUT2D eigenvalue weighted by atomic mass is 9.85. The molecular weight excluding hydrogens is 394 g/mol. The van der Waals surface area contributed by atoms with Crippen LogP contribution in [0, 0.1) is 19.8 Å². The summed E-state index contributed by atoms with van der Waals surface area (Å²) in [5.74, 6) is 1.53. The molecular formula is C24H23N3O4. The number of aryl methyl sites for hydroxylation is 1. The molecule has 1 aromatic carbocycles. The maximum Gasteiger partial charge on any atom is 0.274 e. The van der Waals surface area contributed by atoms with E-state index in [2.05, 4.69) is 16.0 Å². The number of likely N-dealkylation sites (tertiary alicyclic amines) is 1. The molecule has 0 bridgehead atoms. The highest BCUT2D eigenvalue weighted by molar-refractivity contribution is 6.09. The van der Waals surface area contributed by atoms with Gasteiger partial charge < -0.3 is 24.3 Å². The van der Waals surface area contributed by atoms with Crippen LogP contribution in [0.2, 0.25) is 0 Å². The zero-order chi connectivity index (χ0) is 21.7. The largest absolute Gasteiger partial charge is 0.496 e. The number of carbonyl (C=O) groups is 2. The van der Waals surface area contributed by atoms with E-state index in [4.69, 9.17) is 9.47 Å². The summed E-state index contributed by atoms with van der Waals surface area (Å²) in [5.41, 5.74) is 5.44. The Balaban J connectivity index is 1.42. The summed E-state index contributed by atoms with van der Waals surface area (Å²) in [6.07, 6.45) is 2.64. The molecule has 31 heavy (non-hydrogen) atoms. The third kappa shape index (κ3) is 2.18. The monoisotopic (exact) mass is 417 g/mol. The number of hydrogen-bond donors (Lipinski definition) is 2. The first-order chi connectivity index (χ1) is 14.9. The lowest BCUT2D eigenvalue weighted by molar-refractivity contribution is 0.0806. The van der Waals surface area contributed by atoms with Crippen LogP contribution in [-0.4, -0.2) is 47.3 Å². The van der Waals surface area contributed by atoms with Gasteiger partial charge in [0, 0.05) is 40.4 Å². The SMILES string of the molecule is COc1cc2cc(C(=O)N3C[C@H]4CC45C3=CC(=O)c3[nH]c(C)cc35)[nH]c2c(OC)c1C. The third-order valence-electron chi connectivity index (χ3n) is 7.17. The third-order valence-corrected chi connectivity index (χ3v) is 7.17. The standard InChI is InChI=1S/C24H23N3O4/c1-11-5-15-21(25-11)17(28)8-19-24(15)9-14(24)10-27(19)23(29)16-6-13-7-18(30-3)12(2)22(31-4)20(13)26-16/h5-8,14,25-26H,9-10H2,1-4H3/t14-,24?/m1/s1. The molecule has 2 N–H and O–H groups in total. The Bertz CT molecular complexity index is 1340. The number of nitrogens with zero attached hydrogens (tertiary/aromatic N) is 1. The first kappa shape index (κ1) is 18.3. The lowest BCUT2D eigenvalue weighted by Crippen LogP contribution is -2.33. The quantitative estimate of drug-likeness (QED) is 0.681. The average molecular weight is 417 g/mol. The van der Waals surface area contributed by atoms with Crippen LogP contribution < -0.4 is 9.47 Å². The molecule has 1 amide bonds.